The standard InChI is InChI=1S/C14H10F3NO/c1-8-5-6-12(11(17)7-8)18-14(19)13-9(15)3-2-4-10(13)16/h2-7H,1H3,(H,18,19). The summed E-state index contributed by atoms with van der Waals surface area (Å²) in [5.41, 5.74) is -0.187. The summed E-state index contributed by atoms with van der Waals surface area (Å²) in [6, 6.07) is 7.20. The van der Waals surface area contributed by atoms with E-state index in [0.29, 0.717) is 5.56 Å². The average molecular weight is 265 g/mol. The van der Waals surface area contributed by atoms with Gasteiger partial charge in [-0.05, 0) is 36.8 Å². The minimum absolute atomic E-state index is 0.127. The Morgan fingerprint density at radius 1 is 1.00 bits per heavy atom. The van der Waals surface area contributed by atoms with Gasteiger partial charge in [-0.1, -0.05) is 12.1 Å². The average Bonchev–Trinajstić information content (AvgIpc) is 2.32. The van der Waals surface area contributed by atoms with Gasteiger partial charge in [-0.15, -0.1) is 0 Å². The molecule has 0 aliphatic carbocycles. The highest BCUT2D eigenvalue weighted by Gasteiger charge is 2.18. The Morgan fingerprint density at radius 3 is 2.21 bits per heavy atom. The van der Waals surface area contributed by atoms with Crippen LogP contribution in [0.1, 0.15) is 15.9 Å². The lowest BCUT2D eigenvalue weighted by atomic mass is 10.1. The quantitative estimate of drug-likeness (QED) is 0.882. The highest BCUT2D eigenvalue weighted by molar-refractivity contribution is 6.04. The van der Waals surface area contributed by atoms with Crippen molar-refractivity contribution in [3.63, 3.8) is 0 Å². The molecule has 0 aliphatic rings. The molecule has 0 aromatic heterocycles. The van der Waals surface area contributed by atoms with Crippen molar-refractivity contribution in [1.82, 2.24) is 0 Å². The number of hydrogen-bond acceptors (Lipinski definition) is 1. The number of aryl methyl sites for hydroxylation is 1. The molecule has 0 saturated carbocycles. The van der Waals surface area contributed by atoms with Crippen molar-refractivity contribution in [2.24, 2.45) is 0 Å². The van der Waals surface area contributed by atoms with E-state index in [0.717, 1.165) is 18.2 Å². The molecule has 0 saturated heterocycles. The van der Waals surface area contributed by atoms with Crippen LogP contribution in [0.15, 0.2) is 36.4 Å². The summed E-state index contributed by atoms with van der Waals surface area (Å²) in [4.78, 5) is 11.7. The van der Waals surface area contributed by atoms with Gasteiger partial charge in [-0.3, -0.25) is 4.79 Å². The zero-order valence-corrected chi connectivity index (χ0v) is 10.0. The zero-order chi connectivity index (χ0) is 14.0. The fourth-order valence-electron chi connectivity index (χ4n) is 1.62. The van der Waals surface area contributed by atoms with Crippen molar-refractivity contribution in [1.29, 1.82) is 0 Å². The van der Waals surface area contributed by atoms with E-state index in [-0.39, 0.29) is 5.69 Å². The number of rotatable bonds is 2. The molecule has 0 atom stereocenters. The Bertz CT molecular complexity index is 620. The lowest BCUT2D eigenvalue weighted by Crippen LogP contribution is -2.16. The summed E-state index contributed by atoms with van der Waals surface area (Å²) in [5, 5.41) is 2.14. The van der Waals surface area contributed by atoms with Crippen molar-refractivity contribution in [3.8, 4) is 0 Å². The number of amides is 1. The maximum Gasteiger partial charge on any atom is 0.261 e. The van der Waals surface area contributed by atoms with Gasteiger partial charge in [-0.25, -0.2) is 13.2 Å². The van der Waals surface area contributed by atoms with Crippen LogP contribution in [-0.4, -0.2) is 5.91 Å². The van der Waals surface area contributed by atoms with Crippen molar-refractivity contribution < 1.29 is 18.0 Å². The molecule has 19 heavy (non-hydrogen) atoms. The largest absolute Gasteiger partial charge is 0.319 e. The Morgan fingerprint density at radius 2 is 1.63 bits per heavy atom. The van der Waals surface area contributed by atoms with Crippen LogP contribution < -0.4 is 5.32 Å². The summed E-state index contributed by atoms with van der Waals surface area (Å²) in [5.74, 6) is -3.68. The second kappa shape index (κ2) is 5.14. The smallest absolute Gasteiger partial charge is 0.261 e. The molecule has 0 fully saturated rings. The summed E-state index contributed by atoms with van der Waals surface area (Å²) in [6.45, 7) is 1.69. The molecule has 0 spiro atoms. The van der Waals surface area contributed by atoms with Gasteiger partial charge in [0.25, 0.3) is 5.91 Å². The molecule has 2 aromatic rings. The zero-order valence-electron chi connectivity index (χ0n) is 10.0. The first-order valence-electron chi connectivity index (χ1n) is 5.50. The number of nitrogens with one attached hydrogen (secondary N) is 1. The lowest BCUT2D eigenvalue weighted by molar-refractivity contribution is 0.101. The molecule has 0 heterocycles. The van der Waals surface area contributed by atoms with Gasteiger partial charge in [0.05, 0.1) is 5.69 Å². The summed E-state index contributed by atoms with van der Waals surface area (Å²) in [7, 11) is 0. The van der Waals surface area contributed by atoms with E-state index in [1.165, 1.54) is 12.1 Å². The summed E-state index contributed by atoms with van der Waals surface area (Å²) < 4.78 is 40.3. The van der Waals surface area contributed by atoms with E-state index in [1.807, 2.05) is 0 Å². The minimum atomic E-state index is -1.03. The van der Waals surface area contributed by atoms with Crippen LogP contribution in [-0.2, 0) is 0 Å². The molecule has 2 rings (SSSR count). The van der Waals surface area contributed by atoms with Crippen LogP contribution in [0.25, 0.3) is 0 Å². The van der Waals surface area contributed by atoms with Crippen molar-refractivity contribution in [3.05, 3.63) is 65.0 Å². The third kappa shape index (κ3) is 2.76. The molecule has 2 aromatic carbocycles. The molecule has 1 amide bonds. The molecule has 2 nitrogen and oxygen atoms in total. The van der Waals surface area contributed by atoms with Crippen molar-refractivity contribution >= 4 is 11.6 Å². The van der Waals surface area contributed by atoms with Gasteiger partial charge < -0.3 is 5.32 Å². The Labute approximate surface area is 107 Å². The number of carbonyl (C=O) groups is 1. The second-order valence-corrected chi connectivity index (χ2v) is 4.03. The number of carbonyl (C=O) groups excluding carboxylic acids is 1. The first kappa shape index (κ1) is 13.1. The van der Waals surface area contributed by atoms with Crippen molar-refractivity contribution in [2.45, 2.75) is 6.92 Å². The number of halogens is 3. The van der Waals surface area contributed by atoms with Crippen LogP contribution in [0.2, 0.25) is 0 Å². The molecular weight excluding hydrogens is 255 g/mol. The van der Waals surface area contributed by atoms with Gasteiger partial charge in [0.15, 0.2) is 0 Å². The summed E-state index contributed by atoms with van der Waals surface area (Å²) >= 11 is 0. The van der Waals surface area contributed by atoms with Crippen molar-refractivity contribution in [2.75, 3.05) is 5.32 Å². The molecule has 0 bridgehead atoms. The lowest BCUT2D eigenvalue weighted by Gasteiger charge is -2.08. The Balaban J connectivity index is 2.31. The topological polar surface area (TPSA) is 29.1 Å². The van der Waals surface area contributed by atoms with Crippen LogP contribution in [0, 0.1) is 24.4 Å². The predicted octanol–water partition coefficient (Wildman–Crippen LogP) is 3.66. The fraction of sp³-hybridized carbons (Fsp3) is 0.0714. The molecule has 98 valence electrons. The van der Waals surface area contributed by atoms with E-state index < -0.39 is 28.9 Å². The Kier molecular flexibility index (Phi) is 3.55. The maximum absolute atomic E-state index is 13.5. The first-order chi connectivity index (χ1) is 8.99. The molecule has 1 N–H and O–H groups in total. The molecule has 0 unspecified atom stereocenters. The van der Waals surface area contributed by atoms with E-state index in [2.05, 4.69) is 5.32 Å². The van der Waals surface area contributed by atoms with E-state index in [4.69, 9.17) is 0 Å². The van der Waals surface area contributed by atoms with Gasteiger partial charge >= 0.3 is 0 Å². The van der Waals surface area contributed by atoms with Gasteiger partial charge in [0.1, 0.15) is 23.0 Å². The van der Waals surface area contributed by atoms with E-state index in [1.54, 1.807) is 13.0 Å². The van der Waals surface area contributed by atoms with E-state index >= 15 is 0 Å². The third-order valence-corrected chi connectivity index (χ3v) is 2.56. The fourth-order valence-corrected chi connectivity index (χ4v) is 1.62. The van der Waals surface area contributed by atoms with Gasteiger partial charge in [-0.2, -0.15) is 0 Å². The predicted molar refractivity (Wildman–Crippen MR) is 65.4 cm³/mol. The molecule has 0 aliphatic heterocycles. The monoisotopic (exact) mass is 265 g/mol. The van der Waals surface area contributed by atoms with Crippen LogP contribution in [0.5, 0.6) is 0 Å². The number of anilines is 1. The van der Waals surface area contributed by atoms with Gasteiger partial charge in [0.2, 0.25) is 0 Å². The van der Waals surface area contributed by atoms with Crippen LogP contribution >= 0.6 is 0 Å². The second-order valence-electron chi connectivity index (χ2n) is 4.03. The number of benzene rings is 2. The Hall–Kier alpha value is -2.30. The minimum Gasteiger partial charge on any atom is -0.319 e. The SMILES string of the molecule is Cc1ccc(NC(=O)c2c(F)cccc2F)c(F)c1. The third-order valence-electron chi connectivity index (χ3n) is 2.56. The van der Waals surface area contributed by atoms with E-state index in [9.17, 15) is 18.0 Å². The number of hydrogen-bond donors (Lipinski definition) is 1. The van der Waals surface area contributed by atoms with Crippen LogP contribution in [0.3, 0.4) is 0 Å². The first-order valence-corrected chi connectivity index (χ1v) is 5.50. The molecular formula is C14H10F3NO. The highest BCUT2D eigenvalue weighted by Crippen LogP contribution is 2.18. The molecule has 0 radical (unpaired) electrons. The van der Waals surface area contributed by atoms with Gasteiger partial charge in [0, 0.05) is 0 Å². The maximum atomic E-state index is 13.5. The molecule has 5 heteroatoms. The van der Waals surface area contributed by atoms with Crippen LogP contribution in [0.4, 0.5) is 18.9 Å². The highest BCUT2D eigenvalue weighted by atomic mass is 19.1. The summed E-state index contributed by atoms with van der Waals surface area (Å²) in [6.07, 6.45) is 0. The normalized spacial score (nSPS) is 10.3.